The molecule has 32 heavy (non-hydrogen) atoms. The van der Waals surface area contributed by atoms with Crippen LogP contribution in [0.2, 0.25) is 20.1 Å². The molecule has 0 fully saturated rings. The summed E-state index contributed by atoms with van der Waals surface area (Å²) in [4.78, 5) is 48.2. The Morgan fingerprint density at radius 3 is 2.03 bits per heavy atom. The molecule has 0 aliphatic heterocycles. The number of Topliss-reactive ketones (excluding diaryl/α,β-unsaturated/α-hetero) is 1. The molecular formula is C20H15Cl4NO6S. The van der Waals surface area contributed by atoms with E-state index in [2.05, 4.69) is 5.32 Å². The average molecular weight is 539 g/mol. The number of thioether (sulfide) groups is 1. The maximum Gasteiger partial charge on any atom is 0.338 e. The van der Waals surface area contributed by atoms with Crippen molar-refractivity contribution in [1.29, 1.82) is 0 Å². The first-order valence-electron chi connectivity index (χ1n) is 8.87. The van der Waals surface area contributed by atoms with Gasteiger partial charge < -0.3 is 15.2 Å². The fraction of sp³-hybridized carbons (Fsp3) is 0.200. The molecule has 0 saturated heterocycles. The van der Waals surface area contributed by atoms with Gasteiger partial charge in [-0.25, -0.2) is 4.79 Å². The van der Waals surface area contributed by atoms with Crippen LogP contribution in [0.4, 0.5) is 5.69 Å². The molecule has 2 rings (SSSR count). The topological polar surface area (TPSA) is 110 Å². The molecule has 2 aromatic rings. The first kappa shape index (κ1) is 26.3. The molecule has 0 spiro atoms. The monoisotopic (exact) mass is 537 g/mol. The van der Waals surface area contributed by atoms with Crippen LogP contribution in [-0.4, -0.2) is 41.1 Å². The van der Waals surface area contributed by atoms with Gasteiger partial charge in [0.1, 0.15) is 6.42 Å². The number of esters is 1. The molecule has 0 heterocycles. The summed E-state index contributed by atoms with van der Waals surface area (Å²) in [5.74, 6) is -3.13. The van der Waals surface area contributed by atoms with Gasteiger partial charge in [-0.3, -0.25) is 14.4 Å². The normalized spacial score (nSPS) is 10.5. The number of nitrogens with one attached hydrogen (secondary N) is 1. The fourth-order valence-corrected chi connectivity index (χ4v) is 4.24. The summed E-state index contributed by atoms with van der Waals surface area (Å²) < 4.78 is 4.73. The number of carbonyl (C=O) groups excluding carboxylic acids is 3. The second kappa shape index (κ2) is 11.8. The van der Waals surface area contributed by atoms with E-state index in [-0.39, 0.29) is 39.6 Å². The number of hydrogen-bond acceptors (Lipinski definition) is 6. The van der Waals surface area contributed by atoms with Crippen LogP contribution in [0, 0.1) is 0 Å². The minimum atomic E-state index is -1.50. The van der Waals surface area contributed by atoms with Crippen molar-refractivity contribution < 1.29 is 29.0 Å². The van der Waals surface area contributed by atoms with Gasteiger partial charge >= 0.3 is 11.9 Å². The van der Waals surface area contributed by atoms with E-state index in [1.807, 2.05) is 0 Å². The Morgan fingerprint density at radius 2 is 1.50 bits per heavy atom. The van der Waals surface area contributed by atoms with Crippen LogP contribution in [0.15, 0.2) is 29.2 Å². The summed E-state index contributed by atoms with van der Waals surface area (Å²) in [5.41, 5.74) is -0.677. The van der Waals surface area contributed by atoms with Gasteiger partial charge in [-0.05, 0) is 31.2 Å². The highest BCUT2D eigenvalue weighted by Crippen LogP contribution is 2.41. The van der Waals surface area contributed by atoms with Gasteiger partial charge in [0.2, 0.25) is 0 Å². The standard InChI is InChI=1S/C20H15Cl4NO6S/c1-2-31-12(27)7-10(26)8-32-11-5-3-9(4-6-11)25-19(28)13-14(20(29)30)16(22)18(24)17(23)15(13)21/h3-6H,2,7-8H2,1H3,(H,25,28)(H,29,30). The van der Waals surface area contributed by atoms with Gasteiger partial charge in [0.05, 0.1) is 43.6 Å². The number of benzene rings is 2. The van der Waals surface area contributed by atoms with Gasteiger partial charge in [-0.2, -0.15) is 0 Å². The number of carboxylic acid groups (broad SMARTS) is 1. The predicted octanol–water partition coefficient (Wildman–Crippen LogP) is 5.87. The summed E-state index contributed by atoms with van der Waals surface area (Å²) in [6.07, 6.45) is -0.298. The van der Waals surface area contributed by atoms with Crippen molar-refractivity contribution in [2.45, 2.75) is 18.2 Å². The lowest BCUT2D eigenvalue weighted by molar-refractivity contribution is -0.145. The van der Waals surface area contributed by atoms with Crippen LogP contribution in [0.1, 0.15) is 34.1 Å². The third kappa shape index (κ3) is 6.52. The number of halogens is 4. The van der Waals surface area contributed by atoms with Crippen molar-refractivity contribution >= 4 is 87.5 Å². The molecule has 0 aliphatic rings. The van der Waals surface area contributed by atoms with E-state index in [1.165, 1.54) is 11.8 Å². The SMILES string of the molecule is CCOC(=O)CC(=O)CSc1ccc(NC(=O)c2c(Cl)c(Cl)c(Cl)c(Cl)c2C(=O)O)cc1. The maximum absolute atomic E-state index is 12.7. The zero-order chi connectivity index (χ0) is 24.0. The quantitative estimate of drug-likeness (QED) is 0.135. The molecule has 170 valence electrons. The van der Waals surface area contributed by atoms with Crippen LogP contribution in [0.25, 0.3) is 0 Å². The maximum atomic E-state index is 12.7. The first-order valence-corrected chi connectivity index (χ1v) is 11.4. The van der Waals surface area contributed by atoms with Crippen molar-refractivity contribution in [3.05, 3.63) is 55.5 Å². The van der Waals surface area contributed by atoms with E-state index in [1.54, 1.807) is 31.2 Å². The minimum absolute atomic E-state index is 0.0733. The number of amides is 1. The highest BCUT2D eigenvalue weighted by atomic mass is 35.5. The Morgan fingerprint density at radius 1 is 0.938 bits per heavy atom. The summed E-state index contributed by atoms with van der Waals surface area (Å²) >= 11 is 25.1. The van der Waals surface area contributed by atoms with Crippen LogP contribution in [0.3, 0.4) is 0 Å². The van der Waals surface area contributed by atoms with Crippen molar-refractivity contribution in [3.63, 3.8) is 0 Å². The van der Waals surface area contributed by atoms with Gasteiger partial charge in [0, 0.05) is 10.6 Å². The van der Waals surface area contributed by atoms with E-state index in [9.17, 15) is 24.3 Å². The molecule has 0 bridgehead atoms. The molecule has 0 atom stereocenters. The molecule has 1 amide bonds. The Labute approximate surface area is 207 Å². The van der Waals surface area contributed by atoms with Crippen molar-refractivity contribution in [2.75, 3.05) is 17.7 Å². The van der Waals surface area contributed by atoms with E-state index < -0.39 is 34.0 Å². The molecule has 2 aromatic carbocycles. The van der Waals surface area contributed by atoms with Crippen LogP contribution < -0.4 is 5.32 Å². The number of anilines is 1. The lowest BCUT2D eigenvalue weighted by atomic mass is 10.1. The third-order valence-electron chi connectivity index (χ3n) is 3.87. The molecule has 2 N–H and O–H groups in total. The number of ether oxygens (including phenoxy) is 1. The average Bonchev–Trinajstić information content (AvgIpc) is 2.73. The number of rotatable bonds is 9. The van der Waals surface area contributed by atoms with E-state index in [4.69, 9.17) is 51.1 Å². The summed E-state index contributed by atoms with van der Waals surface area (Å²) in [6.45, 7) is 1.87. The number of hydrogen-bond donors (Lipinski definition) is 2. The Balaban J connectivity index is 2.12. The first-order chi connectivity index (χ1) is 15.1. The molecule has 0 saturated carbocycles. The summed E-state index contributed by atoms with van der Waals surface area (Å²) in [5, 5.41) is 10.7. The number of ketones is 1. The van der Waals surface area contributed by atoms with Gasteiger partial charge in [0.25, 0.3) is 5.91 Å². The highest BCUT2D eigenvalue weighted by molar-refractivity contribution is 8.00. The van der Waals surface area contributed by atoms with E-state index in [0.717, 1.165) is 0 Å². The Hall–Kier alpha value is -1.97. The molecule has 0 aromatic heterocycles. The number of carbonyl (C=O) groups is 4. The largest absolute Gasteiger partial charge is 0.478 e. The van der Waals surface area contributed by atoms with E-state index >= 15 is 0 Å². The van der Waals surface area contributed by atoms with Crippen molar-refractivity contribution in [1.82, 2.24) is 0 Å². The molecule has 12 heteroatoms. The zero-order valence-corrected chi connectivity index (χ0v) is 20.2. The molecule has 7 nitrogen and oxygen atoms in total. The lowest BCUT2D eigenvalue weighted by Gasteiger charge is -2.14. The highest BCUT2D eigenvalue weighted by Gasteiger charge is 2.28. The number of carboxylic acids is 1. The van der Waals surface area contributed by atoms with Crippen molar-refractivity contribution in [3.8, 4) is 0 Å². The smallest absolute Gasteiger partial charge is 0.338 e. The summed E-state index contributed by atoms with van der Waals surface area (Å²) in [7, 11) is 0. The number of aromatic carboxylic acids is 1. The molecule has 0 aliphatic carbocycles. The molecule has 0 radical (unpaired) electrons. The minimum Gasteiger partial charge on any atom is -0.478 e. The van der Waals surface area contributed by atoms with Gasteiger partial charge in [-0.15, -0.1) is 11.8 Å². The van der Waals surface area contributed by atoms with Crippen LogP contribution in [0.5, 0.6) is 0 Å². The fourth-order valence-electron chi connectivity index (χ4n) is 2.46. The molecule has 0 unspecified atom stereocenters. The zero-order valence-electron chi connectivity index (χ0n) is 16.3. The van der Waals surface area contributed by atoms with Gasteiger partial charge in [-0.1, -0.05) is 46.4 Å². The second-order valence-corrected chi connectivity index (χ2v) is 8.66. The van der Waals surface area contributed by atoms with Crippen LogP contribution >= 0.6 is 58.2 Å². The Bertz CT molecular complexity index is 1070. The third-order valence-corrected chi connectivity index (χ3v) is 6.74. The predicted molar refractivity (Wildman–Crippen MR) is 125 cm³/mol. The summed E-state index contributed by atoms with van der Waals surface area (Å²) in [6, 6.07) is 6.37. The van der Waals surface area contributed by atoms with Crippen molar-refractivity contribution in [2.24, 2.45) is 0 Å². The lowest BCUT2D eigenvalue weighted by Crippen LogP contribution is -2.18. The molecular weight excluding hydrogens is 524 g/mol. The second-order valence-electron chi connectivity index (χ2n) is 6.10. The van der Waals surface area contributed by atoms with Gasteiger partial charge in [0.15, 0.2) is 5.78 Å². The van der Waals surface area contributed by atoms with Crippen LogP contribution in [-0.2, 0) is 14.3 Å². The van der Waals surface area contributed by atoms with E-state index in [0.29, 0.717) is 10.6 Å². The Kier molecular flexibility index (Phi) is 9.66.